The first-order valence-electron chi connectivity index (χ1n) is 8.90. The fourth-order valence-electron chi connectivity index (χ4n) is 3.26. The standard InChI is InChI=1S/C21H19ClFN3O2/c1-28-18-6-5-15(20(23)19(18)14-3-2-4-16(22)8-14)7-13-9-24-21(25-10-13)26-11-17(27)12-26/h2-6,8-10,17,27H,7,11-12H2,1H3. The van der Waals surface area contributed by atoms with Gasteiger partial charge in [0.1, 0.15) is 11.6 Å². The van der Waals surface area contributed by atoms with Crippen molar-refractivity contribution in [3.63, 3.8) is 0 Å². The molecule has 1 N–H and O–H groups in total. The molecule has 0 radical (unpaired) electrons. The van der Waals surface area contributed by atoms with E-state index in [1.165, 1.54) is 7.11 Å². The number of anilines is 1. The van der Waals surface area contributed by atoms with Crippen molar-refractivity contribution in [3.8, 4) is 16.9 Å². The predicted molar refractivity (Wildman–Crippen MR) is 106 cm³/mol. The largest absolute Gasteiger partial charge is 0.496 e. The van der Waals surface area contributed by atoms with Crippen molar-refractivity contribution in [1.29, 1.82) is 0 Å². The maximum absolute atomic E-state index is 15.3. The summed E-state index contributed by atoms with van der Waals surface area (Å²) in [5, 5.41) is 9.91. The van der Waals surface area contributed by atoms with Crippen LogP contribution < -0.4 is 9.64 Å². The number of methoxy groups -OCH3 is 1. The van der Waals surface area contributed by atoms with Crippen LogP contribution in [0.25, 0.3) is 11.1 Å². The Morgan fingerprint density at radius 1 is 1.21 bits per heavy atom. The fourth-order valence-corrected chi connectivity index (χ4v) is 3.45. The quantitative estimate of drug-likeness (QED) is 0.708. The zero-order chi connectivity index (χ0) is 19.7. The van der Waals surface area contributed by atoms with Crippen LogP contribution in [0.1, 0.15) is 11.1 Å². The Morgan fingerprint density at radius 3 is 2.61 bits per heavy atom. The van der Waals surface area contributed by atoms with Crippen LogP contribution in [-0.4, -0.2) is 41.4 Å². The highest BCUT2D eigenvalue weighted by Crippen LogP contribution is 2.36. The maximum atomic E-state index is 15.3. The average molecular weight is 400 g/mol. The van der Waals surface area contributed by atoms with E-state index in [0.717, 1.165) is 5.56 Å². The van der Waals surface area contributed by atoms with E-state index < -0.39 is 0 Å². The summed E-state index contributed by atoms with van der Waals surface area (Å²) in [4.78, 5) is 10.5. The number of benzene rings is 2. The molecule has 0 spiro atoms. The second-order valence-corrected chi connectivity index (χ2v) is 7.19. The average Bonchev–Trinajstić information content (AvgIpc) is 2.67. The third-order valence-corrected chi connectivity index (χ3v) is 4.98. The Balaban J connectivity index is 1.62. The molecule has 7 heteroatoms. The summed E-state index contributed by atoms with van der Waals surface area (Å²) in [5.41, 5.74) is 2.36. The number of hydrogen-bond acceptors (Lipinski definition) is 5. The van der Waals surface area contributed by atoms with Gasteiger partial charge in [-0.3, -0.25) is 0 Å². The smallest absolute Gasteiger partial charge is 0.225 e. The highest BCUT2D eigenvalue weighted by molar-refractivity contribution is 6.30. The molecule has 28 heavy (non-hydrogen) atoms. The van der Waals surface area contributed by atoms with Crippen molar-refractivity contribution in [1.82, 2.24) is 9.97 Å². The normalized spacial score (nSPS) is 14.1. The first-order chi connectivity index (χ1) is 13.5. The molecule has 0 saturated carbocycles. The molecule has 4 rings (SSSR count). The monoisotopic (exact) mass is 399 g/mol. The number of aromatic nitrogens is 2. The molecule has 144 valence electrons. The SMILES string of the molecule is COc1ccc(Cc2cnc(N3CC(O)C3)nc2)c(F)c1-c1cccc(Cl)c1. The van der Waals surface area contributed by atoms with Crippen LogP contribution in [0.3, 0.4) is 0 Å². The number of rotatable bonds is 5. The first kappa shape index (κ1) is 18.7. The van der Waals surface area contributed by atoms with E-state index in [1.807, 2.05) is 4.90 Å². The van der Waals surface area contributed by atoms with Crippen molar-refractivity contribution < 1.29 is 14.2 Å². The maximum Gasteiger partial charge on any atom is 0.225 e. The fraction of sp³-hybridized carbons (Fsp3) is 0.238. The summed E-state index contributed by atoms with van der Waals surface area (Å²) in [5.74, 6) is 0.673. The second kappa shape index (κ2) is 7.73. The Morgan fingerprint density at radius 2 is 1.96 bits per heavy atom. The molecule has 0 atom stereocenters. The van der Waals surface area contributed by atoms with E-state index in [2.05, 4.69) is 9.97 Å². The number of aliphatic hydroxyl groups is 1. The van der Waals surface area contributed by atoms with Gasteiger partial charge in [0.15, 0.2) is 0 Å². The number of nitrogens with zero attached hydrogens (tertiary/aromatic N) is 3. The topological polar surface area (TPSA) is 58.5 Å². The third kappa shape index (κ3) is 3.66. The minimum absolute atomic E-state index is 0.318. The van der Waals surface area contributed by atoms with E-state index >= 15 is 4.39 Å². The van der Waals surface area contributed by atoms with Gasteiger partial charge >= 0.3 is 0 Å². The van der Waals surface area contributed by atoms with Gasteiger partial charge in [0.2, 0.25) is 5.95 Å². The summed E-state index contributed by atoms with van der Waals surface area (Å²) in [6, 6.07) is 10.5. The van der Waals surface area contributed by atoms with E-state index in [1.54, 1.807) is 48.8 Å². The molecule has 0 amide bonds. The van der Waals surface area contributed by atoms with Crippen LogP contribution in [-0.2, 0) is 6.42 Å². The summed E-state index contributed by atoms with van der Waals surface area (Å²) in [6.07, 6.45) is 3.42. The van der Waals surface area contributed by atoms with Crippen LogP contribution >= 0.6 is 11.6 Å². The highest BCUT2D eigenvalue weighted by Gasteiger charge is 2.26. The van der Waals surface area contributed by atoms with Crippen molar-refractivity contribution >= 4 is 17.5 Å². The van der Waals surface area contributed by atoms with Gasteiger partial charge in [-0.15, -0.1) is 0 Å². The van der Waals surface area contributed by atoms with Gasteiger partial charge in [-0.25, -0.2) is 14.4 Å². The molecular weight excluding hydrogens is 381 g/mol. The van der Waals surface area contributed by atoms with Gasteiger partial charge in [0.25, 0.3) is 0 Å². The van der Waals surface area contributed by atoms with Crippen LogP contribution in [0.5, 0.6) is 5.75 Å². The van der Waals surface area contributed by atoms with E-state index in [4.69, 9.17) is 16.3 Å². The molecule has 1 saturated heterocycles. The highest BCUT2D eigenvalue weighted by atomic mass is 35.5. The molecule has 1 aliphatic heterocycles. The lowest BCUT2D eigenvalue weighted by Gasteiger charge is -2.35. The Hall–Kier alpha value is -2.70. The van der Waals surface area contributed by atoms with Gasteiger partial charge in [0.05, 0.1) is 18.8 Å². The van der Waals surface area contributed by atoms with Crippen molar-refractivity contribution in [3.05, 3.63) is 70.8 Å². The minimum atomic E-state index is -0.350. The second-order valence-electron chi connectivity index (χ2n) is 6.75. The lowest BCUT2D eigenvalue weighted by Crippen LogP contribution is -2.51. The number of ether oxygens (including phenoxy) is 1. The molecule has 2 aromatic carbocycles. The summed E-state index contributed by atoms with van der Waals surface area (Å²) < 4.78 is 20.7. The Kier molecular flexibility index (Phi) is 5.15. The lowest BCUT2D eigenvalue weighted by molar-refractivity contribution is 0.140. The van der Waals surface area contributed by atoms with Gasteiger partial charge in [-0.05, 0) is 34.9 Å². The molecule has 1 aromatic heterocycles. The first-order valence-corrected chi connectivity index (χ1v) is 9.28. The van der Waals surface area contributed by atoms with Crippen molar-refractivity contribution in [2.45, 2.75) is 12.5 Å². The molecule has 0 aliphatic carbocycles. The number of hydrogen-bond donors (Lipinski definition) is 1. The lowest BCUT2D eigenvalue weighted by atomic mass is 9.98. The molecule has 0 bridgehead atoms. The zero-order valence-corrected chi connectivity index (χ0v) is 16.0. The molecule has 1 fully saturated rings. The van der Waals surface area contributed by atoms with Crippen LogP contribution in [0.15, 0.2) is 48.8 Å². The zero-order valence-electron chi connectivity index (χ0n) is 15.3. The molecule has 1 aliphatic rings. The predicted octanol–water partition coefficient (Wildman–Crippen LogP) is 3.72. The van der Waals surface area contributed by atoms with Crippen LogP contribution in [0.2, 0.25) is 5.02 Å². The minimum Gasteiger partial charge on any atom is -0.496 e. The number of halogens is 2. The van der Waals surface area contributed by atoms with Gasteiger partial charge in [0, 0.05) is 36.9 Å². The van der Waals surface area contributed by atoms with Gasteiger partial charge in [-0.2, -0.15) is 0 Å². The van der Waals surface area contributed by atoms with Crippen molar-refractivity contribution in [2.75, 3.05) is 25.1 Å². The molecular formula is C21H19ClFN3O2. The van der Waals surface area contributed by atoms with E-state index in [9.17, 15) is 5.11 Å². The molecule has 0 unspecified atom stereocenters. The van der Waals surface area contributed by atoms with Crippen LogP contribution in [0, 0.1) is 5.82 Å². The van der Waals surface area contributed by atoms with E-state index in [-0.39, 0.29) is 11.9 Å². The van der Waals surface area contributed by atoms with Crippen molar-refractivity contribution in [2.24, 2.45) is 0 Å². The Labute approximate surface area is 167 Å². The summed E-state index contributed by atoms with van der Waals surface area (Å²) >= 11 is 6.08. The van der Waals surface area contributed by atoms with E-state index in [0.29, 0.717) is 52.9 Å². The molecule has 2 heterocycles. The third-order valence-electron chi connectivity index (χ3n) is 4.75. The number of β-amino-alcohol motifs (C(OH)–C–C–N with tert-alkyl or cyclic N) is 1. The van der Waals surface area contributed by atoms with Gasteiger partial charge < -0.3 is 14.7 Å². The molecule has 5 nitrogen and oxygen atoms in total. The van der Waals surface area contributed by atoms with Gasteiger partial charge in [-0.1, -0.05) is 29.8 Å². The Bertz CT molecular complexity index is 991. The molecule has 3 aromatic rings. The van der Waals surface area contributed by atoms with Crippen LogP contribution in [0.4, 0.5) is 10.3 Å². The number of aliphatic hydroxyl groups excluding tert-OH is 1. The summed E-state index contributed by atoms with van der Waals surface area (Å²) in [6.45, 7) is 1.07. The summed E-state index contributed by atoms with van der Waals surface area (Å²) in [7, 11) is 1.52.